The van der Waals surface area contributed by atoms with E-state index in [0.717, 1.165) is 11.1 Å². The third-order valence-corrected chi connectivity index (χ3v) is 3.57. The van der Waals surface area contributed by atoms with Crippen LogP contribution in [0.3, 0.4) is 0 Å². The van der Waals surface area contributed by atoms with Gasteiger partial charge in [-0.3, -0.25) is 0 Å². The maximum absolute atomic E-state index is 10.8. The van der Waals surface area contributed by atoms with Crippen LogP contribution in [0.25, 0.3) is 0 Å². The normalized spacial score (nSPS) is 14.6. The number of aryl methyl sites for hydroxylation is 1. The molecule has 110 valence electrons. The van der Waals surface area contributed by atoms with Crippen LogP contribution in [0.5, 0.6) is 17.2 Å². The first-order valence-electron chi connectivity index (χ1n) is 6.92. The fourth-order valence-corrected chi connectivity index (χ4v) is 2.55. The fraction of sp³-hybridized carbons (Fsp3) is 0.294. The number of rotatable bonds is 3. The van der Waals surface area contributed by atoms with Gasteiger partial charge in [0.25, 0.3) is 0 Å². The minimum absolute atomic E-state index is 0.488. The van der Waals surface area contributed by atoms with Crippen LogP contribution >= 0.6 is 0 Å². The van der Waals surface area contributed by atoms with Crippen LogP contribution in [0.2, 0.25) is 0 Å². The van der Waals surface area contributed by atoms with Gasteiger partial charge in [-0.15, -0.1) is 0 Å². The van der Waals surface area contributed by atoms with Gasteiger partial charge in [-0.1, -0.05) is 23.8 Å². The Morgan fingerprint density at radius 3 is 2.71 bits per heavy atom. The molecular weight excluding hydrogens is 268 g/mol. The van der Waals surface area contributed by atoms with Crippen molar-refractivity contribution in [3.8, 4) is 17.2 Å². The molecule has 1 N–H and O–H groups in total. The molecule has 0 spiro atoms. The molecule has 2 aromatic rings. The van der Waals surface area contributed by atoms with E-state index in [9.17, 15) is 5.11 Å². The maximum Gasteiger partial charge on any atom is 0.167 e. The second kappa shape index (κ2) is 5.66. The molecule has 3 rings (SSSR count). The largest absolute Gasteiger partial charge is 0.496 e. The first-order chi connectivity index (χ1) is 10.2. The summed E-state index contributed by atoms with van der Waals surface area (Å²) in [6.07, 6.45) is -0.823. The molecule has 4 heteroatoms. The zero-order valence-electron chi connectivity index (χ0n) is 12.1. The highest BCUT2D eigenvalue weighted by Crippen LogP contribution is 2.41. The minimum atomic E-state index is -0.823. The van der Waals surface area contributed by atoms with Crippen LogP contribution < -0.4 is 14.2 Å². The number of ether oxygens (including phenoxy) is 3. The van der Waals surface area contributed by atoms with Gasteiger partial charge in [0.15, 0.2) is 11.5 Å². The monoisotopic (exact) mass is 286 g/mol. The first-order valence-corrected chi connectivity index (χ1v) is 6.92. The van der Waals surface area contributed by atoms with E-state index < -0.39 is 6.10 Å². The summed E-state index contributed by atoms with van der Waals surface area (Å²) in [4.78, 5) is 0. The van der Waals surface area contributed by atoms with Crippen molar-refractivity contribution in [1.29, 1.82) is 0 Å². The van der Waals surface area contributed by atoms with E-state index in [0.29, 0.717) is 36.0 Å². The summed E-state index contributed by atoms with van der Waals surface area (Å²) in [5.74, 6) is 1.94. The van der Waals surface area contributed by atoms with E-state index in [2.05, 4.69) is 0 Å². The molecule has 4 nitrogen and oxygen atoms in total. The summed E-state index contributed by atoms with van der Waals surface area (Å²) >= 11 is 0. The molecule has 0 saturated carbocycles. The lowest BCUT2D eigenvalue weighted by Crippen LogP contribution is -2.17. The van der Waals surface area contributed by atoms with Gasteiger partial charge in [0.05, 0.1) is 7.11 Å². The van der Waals surface area contributed by atoms with E-state index in [-0.39, 0.29) is 0 Å². The molecule has 0 bridgehead atoms. The van der Waals surface area contributed by atoms with Crippen molar-refractivity contribution in [1.82, 2.24) is 0 Å². The number of hydrogen-bond acceptors (Lipinski definition) is 4. The number of hydrogen-bond donors (Lipinski definition) is 1. The van der Waals surface area contributed by atoms with Gasteiger partial charge in [0.1, 0.15) is 25.1 Å². The van der Waals surface area contributed by atoms with Crippen molar-refractivity contribution in [3.05, 3.63) is 53.1 Å². The lowest BCUT2D eigenvalue weighted by atomic mass is 9.97. The predicted octanol–water partition coefficient (Wildman–Crippen LogP) is 2.86. The molecule has 0 amide bonds. The third kappa shape index (κ3) is 2.54. The average molecular weight is 286 g/mol. The van der Waals surface area contributed by atoms with Crippen LogP contribution in [0.4, 0.5) is 0 Å². The second-order valence-corrected chi connectivity index (χ2v) is 5.02. The van der Waals surface area contributed by atoms with Gasteiger partial charge in [0.2, 0.25) is 0 Å². The summed E-state index contributed by atoms with van der Waals surface area (Å²) in [5, 5.41) is 10.8. The topological polar surface area (TPSA) is 47.9 Å². The SMILES string of the molecule is COc1ccc(C)cc1C(O)c1cccc2c1OCCO2. The van der Waals surface area contributed by atoms with Gasteiger partial charge in [0, 0.05) is 11.1 Å². The number of methoxy groups -OCH3 is 1. The van der Waals surface area contributed by atoms with Crippen molar-refractivity contribution < 1.29 is 19.3 Å². The van der Waals surface area contributed by atoms with Gasteiger partial charge in [-0.25, -0.2) is 0 Å². The van der Waals surface area contributed by atoms with Crippen molar-refractivity contribution in [3.63, 3.8) is 0 Å². The number of benzene rings is 2. The Labute approximate surface area is 123 Å². The van der Waals surface area contributed by atoms with Gasteiger partial charge < -0.3 is 19.3 Å². The van der Waals surface area contributed by atoms with Gasteiger partial charge >= 0.3 is 0 Å². The highest BCUT2D eigenvalue weighted by Gasteiger charge is 2.23. The lowest BCUT2D eigenvalue weighted by Gasteiger charge is -2.24. The minimum Gasteiger partial charge on any atom is -0.496 e. The quantitative estimate of drug-likeness (QED) is 0.942. The second-order valence-electron chi connectivity index (χ2n) is 5.02. The molecule has 0 aromatic heterocycles. The molecule has 0 radical (unpaired) electrons. The van der Waals surface area contributed by atoms with Crippen LogP contribution in [0, 0.1) is 6.92 Å². The van der Waals surface area contributed by atoms with E-state index in [1.807, 2.05) is 43.3 Å². The Morgan fingerprint density at radius 1 is 1.10 bits per heavy atom. The summed E-state index contributed by atoms with van der Waals surface area (Å²) in [5.41, 5.74) is 2.47. The van der Waals surface area contributed by atoms with Crippen molar-refractivity contribution >= 4 is 0 Å². The molecule has 21 heavy (non-hydrogen) atoms. The summed E-state index contributed by atoms with van der Waals surface area (Å²) in [6, 6.07) is 11.3. The molecular formula is C17H18O4. The highest BCUT2D eigenvalue weighted by molar-refractivity contribution is 5.52. The first kappa shape index (κ1) is 13.8. The van der Waals surface area contributed by atoms with Gasteiger partial charge in [-0.05, 0) is 25.1 Å². The Kier molecular flexibility index (Phi) is 3.71. The van der Waals surface area contributed by atoms with Gasteiger partial charge in [-0.2, -0.15) is 0 Å². The van der Waals surface area contributed by atoms with Crippen molar-refractivity contribution in [2.75, 3.05) is 20.3 Å². The molecule has 2 aromatic carbocycles. The number of para-hydroxylation sites is 1. The Morgan fingerprint density at radius 2 is 1.90 bits per heavy atom. The summed E-state index contributed by atoms with van der Waals surface area (Å²) in [6.45, 7) is 3.00. The molecule has 1 heterocycles. The Bertz CT molecular complexity index is 651. The lowest BCUT2D eigenvalue weighted by molar-refractivity contribution is 0.157. The van der Waals surface area contributed by atoms with E-state index in [4.69, 9.17) is 14.2 Å². The Balaban J connectivity index is 2.07. The number of aliphatic hydroxyl groups excluding tert-OH is 1. The third-order valence-electron chi connectivity index (χ3n) is 3.57. The molecule has 0 fully saturated rings. The smallest absolute Gasteiger partial charge is 0.167 e. The van der Waals surface area contributed by atoms with Crippen LogP contribution in [0.1, 0.15) is 22.8 Å². The summed E-state index contributed by atoms with van der Waals surface area (Å²) in [7, 11) is 1.60. The number of fused-ring (bicyclic) bond motifs is 1. The maximum atomic E-state index is 10.8. The molecule has 1 unspecified atom stereocenters. The summed E-state index contributed by atoms with van der Waals surface area (Å²) < 4.78 is 16.6. The zero-order chi connectivity index (χ0) is 14.8. The molecule has 0 aliphatic carbocycles. The highest BCUT2D eigenvalue weighted by atomic mass is 16.6. The van der Waals surface area contributed by atoms with Crippen molar-refractivity contribution in [2.24, 2.45) is 0 Å². The van der Waals surface area contributed by atoms with Crippen LogP contribution in [-0.2, 0) is 0 Å². The van der Waals surface area contributed by atoms with Crippen molar-refractivity contribution in [2.45, 2.75) is 13.0 Å². The van der Waals surface area contributed by atoms with E-state index >= 15 is 0 Å². The molecule has 0 saturated heterocycles. The number of aliphatic hydroxyl groups is 1. The standard InChI is InChI=1S/C17H18O4/c1-11-6-7-14(19-2)13(10-11)16(18)12-4-3-5-15-17(12)21-9-8-20-15/h3-7,10,16,18H,8-9H2,1-2H3. The van der Waals surface area contributed by atoms with E-state index in [1.54, 1.807) is 7.11 Å². The molecule has 1 aliphatic heterocycles. The predicted molar refractivity (Wildman–Crippen MR) is 79.2 cm³/mol. The molecule has 1 atom stereocenters. The van der Waals surface area contributed by atoms with E-state index in [1.165, 1.54) is 0 Å². The fourth-order valence-electron chi connectivity index (χ4n) is 2.55. The average Bonchev–Trinajstić information content (AvgIpc) is 2.53. The Hall–Kier alpha value is -2.20. The molecule has 1 aliphatic rings. The zero-order valence-corrected chi connectivity index (χ0v) is 12.1. The van der Waals surface area contributed by atoms with Crippen LogP contribution in [-0.4, -0.2) is 25.4 Å². The van der Waals surface area contributed by atoms with Crippen LogP contribution in [0.15, 0.2) is 36.4 Å².